The third-order valence-electron chi connectivity index (χ3n) is 5.84. The van der Waals surface area contributed by atoms with Gasteiger partial charge in [0.05, 0.1) is 52.6 Å². The SMILES string of the molecule is Cc1c(OCCC2COC3(CCC3)O2)ccnc1CS(=O)c1nc2ccccc2[nH]1.[HH]. The van der Waals surface area contributed by atoms with Crippen molar-refractivity contribution in [3.63, 3.8) is 0 Å². The number of para-hydroxylation sites is 2. The zero-order valence-corrected chi connectivity index (χ0v) is 17.7. The molecule has 5 rings (SSSR count). The summed E-state index contributed by atoms with van der Waals surface area (Å²) in [5.74, 6) is 0.745. The molecule has 1 aromatic carbocycles. The fourth-order valence-electron chi connectivity index (χ4n) is 3.88. The van der Waals surface area contributed by atoms with Crippen LogP contribution >= 0.6 is 0 Å². The number of ether oxygens (including phenoxy) is 3. The van der Waals surface area contributed by atoms with E-state index in [2.05, 4.69) is 15.0 Å². The molecule has 1 aliphatic carbocycles. The van der Waals surface area contributed by atoms with E-state index in [1.165, 1.54) is 6.42 Å². The Kier molecular flexibility index (Phi) is 5.30. The molecule has 2 aliphatic rings. The highest BCUT2D eigenvalue weighted by Crippen LogP contribution is 2.42. The van der Waals surface area contributed by atoms with E-state index in [0.717, 1.165) is 47.3 Å². The molecule has 0 amide bonds. The molecule has 0 bridgehead atoms. The van der Waals surface area contributed by atoms with E-state index >= 15 is 0 Å². The number of pyridine rings is 1. The van der Waals surface area contributed by atoms with Crippen LogP contribution in [0.25, 0.3) is 11.0 Å². The summed E-state index contributed by atoms with van der Waals surface area (Å²) in [4.78, 5) is 12.0. The Bertz CT molecular complexity index is 1050. The first kappa shape index (κ1) is 19.7. The molecule has 3 aromatic rings. The molecule has 30 heavy (non-hydrogen) atoms. The molecular formula is C22H27N3O4S. The van der Waals surface area contributed by atoms with Crippen LogP contribution in [-0.2, 0) is 26.0 Å². The summed E-state index contributed by atoms with van der Waals surface area (Å²) < 4.78 is 30.7. The monoisotopic (exact) mass is 429 g/mol. The van der Waals surface area contributed by atoms with Crippen LogP contribution in [0.3, 0.4) is 0 Å². The Morgan fingerprint density at radius 2 is 2.20 bits per heavy atom. The summed E-state index contributed by atoms with van der Waals surface area (Å²) in [6.07, 6.45) is 5.75. The van der Waals surface area contributed by atoms with Gasteiger partial charge in [-0.25, -0.2) is 4.98 Å². The zero-order chi connectivity index (χ0) is 20.6. The van der Waals surface area contributed by atoms with Crippen LogP contribution in [0.15, 0.2) is 41.7 Å². The van der Waals surface area contributed by atoms with Crippen molar-refractivity contribution in [2.45, 2.75) is 55.4 Å². The average molecular weight is 430 g/mol. The van der Waals surface area contributed by atoms with Gasteiger partial charge < -0.3 is 19.2 Å². The maximum Gasteiger partial charge on any atom is 0.197 e. The van der Waals surface area contributed by atoms with E-state index < -0.39 is 10.8 Å². The van der Waals surface area contributed by atoms with Crippen LogP contribution in [0.2, 0.25) is 0 Å². The topological polar surface area (TPSA) is 86.3 Å². The van der Waals surface area contributed by atoms with Gasteiger partial charge in [0.15, 0.2) is 10.9 Å². The highest BCUT2D eigenvalue weighted by atomic mass is 32.2. The number of nitrogens with zero attached hydrogens (tertiary/aromatic N) is 2. The predicted octanol–water partition coefficient (Wildman–Crippen LogP) is 3.88. The molecule has 3 heterocycles. The molecule has 2 fully saturated rings. The molecule has 8 heteroatoms. The number of aromatic amines is 1. The first-order valence-electron chi connectivity index (χ1n) is 10.3. The maximum atomic E-state index is 12.8. The van der Waals surface area contributed by atoms with Gasteiger partial charge in [0.25, 0.3) is 0 Å². The van der Waals surface area contributed by atoms with Gasteiger partial charge in [0, 0.05) is 32.4 Å². The molecular weight excluding hydrogens is 402 g/mol. The van der Waals surface area contributed by atoms with E-state index in [9.17, 15) is 4.21 Å². The summed E-state index contributed by atoms with van der Waals surface area (Å²) in [5.41, 5.74) is 3.34. The van der Waals surface area contributed by atoms with Gasteiger partial charge in [0.1, 0.15) is 5.75 Å². The molecule has 160 valence electrons. The summed E-state index contributed by atoms with van der Waals surface area (Å²) in [7, 11) is -1.32. The van der Waals surface area contributed by atoms with E-state index in [0.29, 0.717) is 18.4 Å². The molecule has 2 aromatic heterocycles. The number of imidazole rings is 1. The molecule has 0 radical (unpaired) electrons. The largest absolute Gasteiger partial charge is 0.493 e. The molecule has 2 atom stereocenters. The number of fused-ring (bicyclic) bond motifs is 1. The van der Waals surface area contributed by atoms with E-state index in [4.69, 9.17) is 14.2 Å². The van der Waals surface area contributed by atoms with Gasteiger partial charge in [-0.3, -0.25) is 9.19 Å². The van der Waals surface area contributed by atoms with Gasteiger partial charge >= 0.3 is 0 Å². The Morgan fingerprint density at radius 1 is 1.33 bits per heavy atom. The quantitative estimate of drug-likeness (QED) is 0.613. The van der Waals surface area contributed by atoms with Crippen molar-refractivity contribution in [1.82, 2.24) is 15.0 Å². The van der Waals surface area contributed by atoms with Gasteiger partial charge in [-0.2, -0.15) is 0 Å². The van der Waals surface area contributed by atoms with Crippen molar-refractivity contribution in [3.8, 4) is 5.75 Å². The van der Waals surface area contributed by atoms with Gasteiger partial charge in [-0.1, -0.05) is 12.1 Å². The Hall–Kier alpha value is -2.29. The third-order valence-corrected chi connectivity index (χ3v) is 7.00. The molecule has 1 N–H and O–H groups in total. The lowest BCUT2D eigenvalue weighted by Gasteiger charge is -2.36. The minimum absolute atomic E-state index is 0. The first-order valence-corrected chi connectivity index (χ1v) is 11.7. The number of hydrogen-bond donors (Lipinski definition) is 1. The standard InChI is InChI=1S/C22H25N3O4S.H2/c1-15-19(14-30(26)21-24-17-5-2-3-6-18(17)25-21)23-11-7-20(15)27-12-8-16-13-28-22(29-16)9-4-10-22;/h2-3,5-7,11,16H,4,8-10,12-14H2,1H3,(H,24,25);1H. The lowest BCUT2D eigenvalue weighted by Crippen LogP contribution is -2.38. The van der Waals surface area contributed by atoms with Crippen LogP contribution in [0.5, 0.6) is 5.75 Å². The van der Waals surface area contributed by atoms with Gasteiger partial charge in [-0.15, -0.1) is 0 Å². The molecule has 1 saturated heterocycles. The van der Waals surface area contributed by atoms with Crippen LogP contribution in [-0.4, -0.2) is 44.3 Å². The van der Waals surface area contributed by atoms with Crippen molar-refractivity contribution < 1.29 is 19.8 Å². The number of rotatable bonds is 7. The second kappa shape index (κ2) is 8.09. The zero-order valence-electron chi connectivity index (χ0n) is 16.9. The lowest BCUT2D eigenvalue weighted by molar-refractivity contribution is -0.216. The van der Waals surface area contributed by atoms with Crippen molar-refractivity contribution in [2.75, 3.05) is 13.2 Å². The highest BCUT2D eigenvalue weighted by Gasteiger charge is 2.46. The predicted molar refractivity (Wildman–Crippen MR) is 115 cm³/mol. The average Bonchev–Trinajstić information content (AvgIpc) is 3.35. The summed E-state index contributed by atoms with van der Waals surface area (Å²) in [6, 6.07) is 9.51. The van der Waals surface area contributed by atoms with Crippen molar-refractivity contribution in [2.24, 2.45) is 0 Å². The van der Waals surface area contributed by atoms with Crippen molar-refractivity contribution in [1.29, 1.82) is 0 Å². The van der Waals surface area contributed by atoms with E-state index in [1.54, 1.807) is 6.20 Å². The second-order valence-corrected chi connectivity index (χ2v) is 9.25. The number of H-pyrrole nitrogens is 1. The number of aromatic nitrogens is 3. The molecule has 1 aliphatic heterocycles. The smallest absolute Gasteiger partial charge is 0.197 e. The fraction of sp³-hybridized carbons (Fsp3) is 0.455. The minimum Gasteiger partial charge on any atom is -0.493 e. The maximum absolute atomic E-state index is 12.8. The van der Waals surface area contributed by atoms with Crippen LogP contribution in [0, 0.1) is 6.92 Å². The van der Waals surface area contributed by atoms with Crippen LogP contribution < -0.4 is 4.74 Å². The van der Waals surface area contributed by atoms with Crippen molar-refractivity contribution in [3.05, 3.63) is 47.8 Å². The Balaban J connectivity index is 0.00000231. The minimum atomic E-state index is -1.32. The number of benzene rings is 1. The molecule has 1 saturated carbocycles. The molecule has 7 nitrogen and oxygen atoms in total. The van der Waals surface area contributed by atoms with E-state index in [1.807, 2.05) is 37.3 Å². The van der Waals surface area contributed by atoms with E-state index in [-0.39, 0.29) is 19.1 Å². The van der Waals surface area contributed by atoms with Gasteiger partial charge in [0.2, 0.25) is 0 Å². The Labute approximate surface area is 179 Å². The Morgan fingerprint density at radius 3 is 2.97 bits per heavy atom. The lowest BCUT2D eigenvalue weighted by atomic mass is 9.91. The molecule has 1 spiro atoms. The normalized spacial score (nSPS) is 21.0. The highest BCUT2D eigenvalue weighted by molar-refractivity contribution is 7.84. The van der Waals surface area contributed by atoms with Crippen molar-refractivity contribution >= 4 is 21.8 Å². The van der Waals surface area contributed by atoms with Crippen LogP contribution in [0.4, 0.5) is 0 Å². The second-order valence-electron chi connectivity index (χ2n) is 7.88. The summed E-state index contributed by atoms with van der Waals surface area (Å²) in [5, 5.41) is 0.465. The third kappa shape index (κ3) is 3.87. The summed E-state index contributed by atoms with van der Waals surface area (Å²) in [6.45, 7) is 3.13. The summed E-state index contributed by atoms with van der Waals surface area (Å²) >= 11 is 0. The van der Waals surface area contributed by atoms with Crippen LogP contribution in [0.1, 0.15) is 38.4 Å². The number of hydrogen-bond acceptors (Lipinski definition) is 6. The fourth-order valence-corrected chi connectivity index (χ4v) is 4.98. The molecule has 2 unspecified atom stereocenters. The number of nitrogens with one attached hydrogen (secondary N) is 1. The van der Waals surface area contributed by atoms with Gasteiger partial charge in [-0.05, 0) is 31.5 Å². The first-order chi connectivity index (χ1) is 14.6.